The summed E-state index contributed by atoms with van der Waals surface area (Å²) in [7, 11) is 1.14. The number of H-pyrrole nitrogens is 1. The summed E-state index contributed by atoms with van der Waals surface area (Å²) in [6.45, 7) is 4.00. The Labute approximate surface area is 103 Å². The van der Waals surface area contributed by atoms with Crippen LogP contribution in [-0.2, 0) is 4.74 Å². The minimum Gasteiger partial charge on any atom is -0.464 e. The van der Waals surface area contributed by atoms with E-state index in [0.29, 0.717) is 0 Å². The highest BCUT2D eigenvalue weighted by atomic mass is 19.1. The molecule has 0 fully saturated rings. The van der Waals surface area contributed by atoms with Crippen molar-refractivity contribution in [3.05, 3.63) is 39.9 Å². The van der Waals surface area contributed by atoms with Crippen molar-refractivity contribution in [1.82, 2.24) is 10.2 Å². The third-order valence-electron chi connectivity index (χ3n) is 2.13. The number of ether oxygens (including phenoxy) is 1. The van der Waals surface area contributed by atoms with Gasteiger partial charge in [0.2, 0.25) is 11.1 Å². The number of aromatic nitrogens is 2. The highest BCUT2D eigenvalue weighted by molar-refractivity contribution is 5.91. The maximum Gasteiger partial charge on any atom is 0.362 e. The maximum atomic E-state index is 13.3. The second kappa shape index (κ2) is 5.90. The Bertz CT molecular complexity index is 622. The van der Waals surface area contributed by atoms with E-state index in [4.69, 9.17) is 0 Å². The fraction of sp³-hybridized carbons (Fsp3) is 0.250. The van der Waals surface area contributed by atoms with Gasteiger partial charge in [-0.2, -0.15) is 5.10 Å². The topological polar surface area (TPSA) is 72.0 Å². The normalized spacial score (nSPS) is 9.56. The van der Waals surface area contributed by atoms with Crippen LogP contribution in [0.15, 0.2) is 23.0 Å². The zero-order valence-electron chi connectivity index (χ0n) is 10.3. The summed E-state index contributed by atoms with van der Waals surface area (Å²) >= 11 is 0. The van der Waals surface area contributed by atoms with Gasteiger partial charge in [0.05, 0.1) is 12.5 Å². The van der Waals surface area contributed by atoms with Crippen LogP contribution in [-0.4, -0.2) is 23.3 Å². The molecule has 2 rings (SSSR count). The first-order valence-electron chi connectivity index (χ1n) is 5.40. The van der Waals surface area contributed by atoms with Gasteiger partial charge in [-0.25, -0.2) is 9.18 Å². The Kier molecular flexibility index (Phi) is 4.53. The smallest absolute Gasteiger partial charge is 0.362 e. The Morgan fingerprint density at radius 2 is 2.06 bits per heavy atom. The molecule has 2 aromatic rings. The molecule has 5 nitrogen and oxygen atoms in total. The van der Waals surface area contributed by atoms with E-state index < -0.39 is 17.2 Å². The van der Waals surface area contributed by atoms with Crippen LogP contribution in [0.2, 0.25) is 0 Å². The van der Waals surface area contributed by atoms with E-state index in [1.807, 2.05) is 13.8 Å². The third-order valence-corrected chi connectivity index (χ3v) is 2.13. The molecule has 0 bridgehead atoms. The van der Waals surface area contributed by atoms with Gasteiger partial charge in [-0.15, -0.1) is 0 Å². The molecule has 1 aromatic carbocycles. The Hall–Kier alpha value is -2.24. The summed E-state index contributed by atoms with van der Waals surface area (Å²) < 4.78 is 17.6. The first-order valence-corrected chi connectivity index (χ1v) is 5.40. The number of nitrogens with one attached hydrogen (secondary N) is 1. The summed E-state index contributed by atoms with van der Waals surface area (Å²) in [5.74, 6) is -1.45. The van der Waals surface area contributed by atoms with E-state index in [0.717, 1.165) is 7.11 Å². The summed E-state index contributed by atoms with van der Waals surface area (Å²) in [5, 5.41) is 5.87. The number of aromatic amines is 1. The largest absolute Gasteiger partial charge is 0.464 e. The van der Waals surface area contributed by atoms with E-state index >= 15 is 0 Å². The van der Waals surface area contributed by atoms with Crippen LogP contribution >= 0.6 is 0 Å². The van der Waals surface area contributed by atoms with Gasteiger partial charge in [0.1, 0.15) is 11.3 Å². The lowest BCUT2D eigenvalue weighted by Gasteiger charge is -2.01. The standard InChI is InChI=1S/C10H7FN2O3.C2H6/c1-16-10(15)8-9(14)5-3-2-4-6(11)7(5)12-13-8;1-2/h2-4H,1H3,(H,12,14);1-2H3. The SMILES string of the molecule is CC.COC(=O)c1n[nH]c2c(F)cccc2c1=O. The molecule has 0 aliphatic carbocycles. The summed E-state index contributed by atoms with van der Waals surface area (Å²) in [5.41, 5.74) is -1.07. The number of hydrogen-bond donors (Lipinski definition) is 1. The monoisotopic (exact) mass is 252 g/mol. The number of methoxy groups -OCH3 is 1. The summed E-state index contributed by atoms with van der Waals surface area (Å²) in [4.78, 5) is 22.9. The third kappa shape index (κ3) is 2.37. The van der Waals surface area contributed by atoms with E-state index in [9.17, 15) is 14.0 Å². The first kappa shape index (κ1) is 13.8. The van der Waals surface area contributed by atoms with Crippen molar-refractivity contribution in [2.24, 2.45) is 0 Å². The lowest BCUT2D eigenvalue weighted by molar-refractivity contribution is 0.0591. The quantitative estimate of drug-likeness (QED) is 0.786. The predicted molar refractivity (Wildman–Crippen MR) is 65.0 cm³/mol. The van der Waals surface area contributed by atoms with Gasteiger partial charge in [-0.3, -0.25) is 9.89 Å². The molecule has 1 aromatic heterocycles. The van der Waals surface area contributed by atoms with Gasteiger partial charge in [0, 0.05) is 0 Å². The molecule has 0 spiro atoms. The van der Waals surface area contributed by atoms with Crippen molar-refractivity contribution in [2.45, 2.75) is 13.8 Å². The van der Waals surface area contributed by atoms with Gasteiger partial charge < -0.3 is 4.74 Å². The number of hydrogen-bond acceptors (Lipinski definition) is 4. The average molecular weight is 252 g/mol. The number of rotatable bonds is 1. The Morgan fingerprint density at radius 1 is 1.39 bits per heavy atom. The van der Waals surface area contributed by atoms with Crippen LogP contribution in [0.1, 0.15) is 24.3 Å². The molecule has 0 aliphatic rings. The van der Waals surface area contributed by atoms with Crippen LogP contribution in [0.25, 0.3) is 10.9 Å². The van der Waals surface area contributed by atoms with Crippen molar-refractivity contribution < 1.29 is 13.9 Å². The number of halogens is 1. The first-order chi connectivity index (χ1) is 8.65. The summed E-state index contributed by atoms with van der Waals surface area (Å²) in [6.07, 6.45) is 0. The van der Waals surface area contributed by atoms with Gasteiger partial charge in [0.25, 0.3) is 0 Å². The molecule has 0 saturated carbocycles. The molecule has 0 saturated heterocycles. The number of carbonyl (C=O) groups is 1. The summed E-state index contributed by atoms with van der Waals surface area (Å²) in [6, 6.07) is 3.98. The molecule has 18 heavy (non-hydrogen) atoms. The number of benzene rings is 1. The van der Waals surface area contributed by atoms with Gasteiger partial charge in [-0.1, -0.05) is 19.9 Å². The minimum atomic E-state index is -0.854. The van der Waals surface area contributed by atoms with Crippen molar-refractivity contribution in [3.63, 3.8) is 0 Å². The van der Waals surface area contributed by atoms with Crippen molar-refractivity contribution in [1.29, 1.82) is 0 Å². The van der Waals surface area contributed by atoms with Crippen molar-refractivity contribution in [2.75, 3.05) is 7.11 Å². The molecule has 96 valence electrons. The maximum absolute atomic E-state index is 13.3. The minimum absolute atomic E-state index is 0.0276. The number of nitrogens with zero attached hydrogens (tertiary/aromatic N) is 1. The van der Waals surface area contributed by atoms with Crippen molar-refractivity contribution >= 4 is 16.9 Å². The second-order valence-corrected chi connectivity index (χ2v) is 3.06. The average Bonchev–Trinajstić information content (AvgIpc) is 2.42. The van der Waals surface area contributed by atoms with Gasteiger partial charge in [-0.05, 0) is 12.1 Å². The number of para-hydroxylation sites is 1. The second-order valence-electron chi connectivity index (χ2n) is 3.06. The van der Waals surface area contributed by atoms with Gasteiger partial charge >= 0.3 is 5.97 Å². The molecule has 0 aliphatic heterocycles. The molecule has 0 atom stereocenters. The highest BCUT2D eigenvalue weighted by Gasteiger charge is 2.16. The fourth-order valence-electron chi connectivity index (χ4n) is 1.35. The lowest BCUT2D eigenvalue weighted by atomic mass is 10.2. The van der Waals surface area contributed by atoms with Crippen LogP contribution in [0.3, 0.4) is 0 Å². The molecular weight excluding hydrogens is 239 g/mol. The lowest BCUT2D eigenvalue weighted by Crippen LogP contribution is -2.20. The zero-order valence-corrected chi connectivity index (χ0v) is 10.3. The van der Waals surface area contributed by atoms with Crippen LogP contribution < -0.4 is 5.43 Å². The van der Waals surface area contributed by atoms with Crippen LogP contribution in [0.5, 0.6) is 0 Å². The van der Waals surface area contributed by atoms with Gasteiger partial charge in [0.15, 0.2) is 0 Å². The number of carbonyl (C=O) groups excluding carboxylic acids is 1. The van der Waals surface area contributed by atoms with E-state index in [1.54, 1.807) is 0 Å². The highest BCUT2D eigenvalue weighted by Crippen LogP contribution is 2.10. The molecule has 0 amide bonds. The molecule has 1 heterocycles. The Balaban J connectivity index is 0.000000771. The van der Waals surface area contributed by atoms with Crippen molar-refractivity contribution in [3.8, 4) is 0 Å². The predicted octanol–water partition coefficient (Wildman–Crippen LogP) is 1.87. The molecule has 0 unspecified atom stereocenters. The fourth-order valence-corrected chi connectivity index (χ4v) is 1.35. The number of esters is 1. The molecular formula is C12H13FN2O3. The van der Waals surface area contributed by atoms with Crippen LogP contribution in [0, 0.1) is 5.82 Å². The van der Waals surface area contributed by atoms with E-state index in [2.05, 4.69) is 14.9 Å². The van der Waals surface area contributed by atoms with E-state index in [-0.39, 0.29) is 16.6 Å². The Morgan fingerprint density at radius 3 is 2.67 bits per heavy atom. The molecule has 1 N–H and O–H groups in total. The van der Waals surface area contributed by atoms with Crippen LogP contribution in [0.4, 0.5) is 4.39 Å². The number of fused-ring (bicyclic) bond motifs is 1. The van der Waals surface area contributed by atoms with E-state index in [1.165, 1.54) is 18.2 Å². The molecule has 0 radical (unpaired) electrons. The zero-order chi connectivity index (χ0) is 13.7. The molecule has 6 heteroatoms.